The molecule has 3 unspecified atom stereocenters. The van der Waals surface area contributed by atoms with E-state index in [1.165, 1.54) is 0 Å². The molecule has 0 spiro atoms. The lowest BCUT2D eigenvalue weighted by Crippen LogP contribution is -2.62. The Morgan fingerprint density at radius 3 is 2.28 bits per heavy atom. The molecule has 1 aromatic heterocycles. The number of hydrogen-bond acceptors (Lipinski definition) is 9. The van der Waals surface area contributed by atoms with Crippen molar-refractivity contribution in [1.29, 1.82) is 0 Å². The Morgan fingerprint density at radius 2 is 1.59 bits per heavy atom. The Kier molecular flexibility index (Phi) is 7.43. The van der Waals surface area contributed by atoms with Gasteiger partial charge in [-0.2, -0.15) is 0 Å². The molecule has 6 aliphatic rings. The van der Waals surface area contributed by atoms with E-state index in [0.29, 0.717) is 25.0 Å². The topological polar surface area (TPSA) is 135 Å². The van der Waals surface area contributed by atoms with Crippen molar-refractivity contribution in [3.63, 3.8) is 0 Å². The number of fused-ring (bicyclic) bond motifs is 1. The normalized spacial score (nSPS) is 28.4. The number of aromatic nitrogens is 2. The van der Waals surface area contributed by atoms with Crippen LogP contribution < -0.4 is 31.1 Å². The fourth-order valence-electron chi connectivity index (χ4n) is 8.90. The Hall–Kier alpha value is -4.38. The predicted molar refractivity (Wildman–Crippen MR) is 173 cm³/mol. The summed E-state index contributed by atoms with van der Waals surface area (Å²) in [5.74, 6) is 2.35. The zero-order chi connectivity index (χ0) is 31.3. The van der Waals surface area contributed by atoms with Gasteiger partial charge in [0.05, 0.1) is 17.9 Å². The number of carbonyl (C=O) groups is 2. The molecule has 3 heterocycles. The van der Waals surface area contributed by atoms with Crippen LogP contribution in [0.3, 0.4) is 0 Å². The molecule has 5 atom stereocenters. The van der Waals surface area contributed by atoms with E-state index in [0.717, 1.165) is 86.3 Å². The zero-order valence-electron chi connectivity index (χ0n) is 25.9. The molecule has 3 aromatic rings. The number of nitrogens with two attached hydrogens (primary N) is 1. The maximum absolute atomic E-state index is 13.3. The molecule has 2 aromatic carbocycles. The molecular weight excluding hydrogens is 582 g/mol. The molecule has 46 heavy (non-hydrogen) atoms. The van der Waals surface area contributed by atoms with Crippen molar-refractivity contribution in [2.45, 2.75) is 57.1 Å². The van der Waals surface area contributed by atoms with Gasteiger partial charge in [0.1, 0.15) is 11.9 Å². The highest BCUT2D eigenvalue weighted by Crippen LogP contribution is 2.60. The zero-order valence-corrected chi connectivity index (χ0v) is 25.9. The molecule has 1 saturated heterocycles. The molecule has 4 N–H and O–H groups in total. The van der Waals surface area contributed by atoms with Crippen molar-refractivity contribution in [1.82, 2.24) is 20.6 Å². The molecular formula is C35H41N7O4. The standard InChI is InChI=1S/C35H41N7O4/c36-32(43)35-17-22-15-24(18-35)31(25(16-22)19-35)40-34(44)46-42-14-13-41(29-3-1-2-4-30(29)42)33-38-20-26(21-39-33)23-5-7-27(8-6-23)45-28-9-11-37-12-10-28/h1-8,20-22,24-25,28,31,37H,9-19H2,(H2,36,43)(H,40,44)/t22?,24-,25+,31?,35?. The van der Waals surface area contributed by atoms with E-state index in [1.807, 2.05) is 65.8 Å². The minimum Gasteiger partial charge on any atom is -0.490 e. The van der Waals surface area contributed by atoms with Gasteiger partial charge in [-0.1, -0.05) is 24.3 Å². The molecule has 240 valence electrons. The van der Waals surface area contributed by atoms with Crippen LogP contribution in [0.2, 0.25) is 0 Å². The lowest BCUT2D eigenvalue weighted by Gasteiger charge is -2.58. The van der Waals surface area contributed by atoms with Crippen molar-refractivity contribution >= 4 is 29.3 Å². The summed E-state index contributed by atoms with van der Waals surface area (Å²) in [7, 11) is 0. The van der Waals surface area contributed by atoms with Crippen molar-refractivity contribution in [2.24, 2.45) is 28.9 Å². The van der Waals surface area contributed by atoms with E-state index in [2.05, 4.69) is 10.6 Å². The van der Waals surface area contributed by atoms with Crippen molar-refractivity contribution in [3.05, 3.63) is 60.9 Å². The van der Waals surface area contributed by atoms with E-state index >= 15 is 0 Å². The van der Waals surface area contributed by atoms with Crippen LogP contribution in [0.1, 0.15) is 44.9 Å². The smallest absolute Gasteiger partial charge is 0.431 e. The number of para-hydroxylation sites is 2. The summed E-state index contributed by atoms with van der Waals surface area (Å²) in [5, 5.41) is 8.20. The summed E-state index contributed by atoms with van der Waals surface area (Å²) in [5.41, 5.74) is 9.06. The van der Waals surface area contributed by atoms with E-state index in [4.69, 9.17) is 25.3 Å². The Morgan fingerprint density at radius 1 is 0.891 bits per heavy atom. The van der Waals surface area contributed by atoms with Crippen LogP contribution in [0.5, 0.6) is 5.75 Å². The number of nitrogens with zero attached hydrogens (tertiary/aromatic N) is 4. The van der Waals surface area contributed by atoms with Crippen LogP contribution in [0.25, 0.3) is 11.1 Å². The third-order valence-electron chi connectivity index (χ3n) is 10.9. The van der Waals surface area contributed by atoms with Crippen LogP contribution in [0.4, 0.5) is 22.1 Å². The monoisotopic (exact) mass is 623 g/mol. The van der Waals surface area contributed by atoms with Gasteiger partial charge in [0.25, 0.3) is 0 Å². The molecule has 11 nitrogen and oxygen atoms in total. The number of carbonyl (C=O) groups excluding carboxylic acids is 2. The summed E-state index contributed by atoms with van der Waals surface area (Å²) in [6, 6.07) is 15.9. The summed E-state index contributed by atoms with van der Waals surface area (Å²) < 4.78 is 6.15. The molecule has 11 heteroatoms. The first-order valence-electron chi connectivity index (χ1n) is 16.7. The highest BCUT2D eigenvalue weighted by Gasteiger charge is 2.58. The van der Waals surface area contributed by atoms with Gasteiger partial charge in [-0.25, -0.2) is 19.8 Å². The highest BCUT2D eigenvalue weighted by molar-refractivity contribution is 5.82. The fraction of sp³-hybridized carbons (Fsp3) is 0.486. The third kappa shape index (κ3) is 5.40. The minimum atomic E-state index is -0.457. The fourth-order valence-corrected chi connectivity index (χ4v) is 8.90. The van der Waals surface area contributed by atoms with Gasteiger partial charge in [0.15, 0.2) is 0 Å². The van der Waals surface area contributed by atoms with E-state index in [9.17, 15) is 9.59 Å². The Balaban J connectivity index is 0.919. The number of rotatable bonds is 7. The van der Waals surface area contributed by atoms with Crippen LogP contribution >= 0.6 is 0 Å². The van der Waals surface area contributed by atoms with Crippen LogP contribution in [0, 0.1) is 23.2 Å². The van der Waals surface area contributed by atoms with Crippen LogP contribution in [-0.4, -0.2) is 60.3 Å². The van der Waals surface area contributed by atoms with Gasteiger partial charge >= 0.3 is 6.09 Å². The van der Waals surface area contributed by atoms with Crippen molar-refractivity contribution in [3.8, 4) is 16.9 Å². The molecule has 4 aliphatic carbocycles. The number of nitrogens with one attached hydrogen (secondary N) is 2. The van der Waals surface area contributed by atoms with Gasteiger partial charge in [-0.15, -0.1) is 0 Å². The molecule has 2 amide bonds. The number of anilines is 3. The minimum absolute atomic E-state index is 0.0122. The lowest BCUT2D eigenvalue weighted by molar-refractivity contribution is -0.145. The summed E-state index contributed by atoms with van der Waals surface area (Å²) in [4.78, 5) is 43.0. The van der Waals surface area contributed by atoms with Crippen LogP contribution in [0.15, 0.2) is 60.9 Å². The molecule has 5 fully saturated rings. The second-order valence-electron chi connectivity index (χ2n) is 13.8. The molecule has 4 bridgehead atoms. The first-order chi connectivity index (χ1) is 22.4. The Bertz CT molecular complexity index is 1580. The third-order valence-corrected chi connectivity index (χ3v) is 10.9. The van der Waals surface area contributed by atoms with E-state index in [1.54, 1.807) is 5.06 Å². The second-order valence-corrected chi connectivity index (χ2v) is 13.8. The number of hydroxylamine groups is 1. The second kappa shape index (κ2) is 11.8. The largest absolute Gasteiger partial charge is 0.490 e. The summed E-state index contributed by atoms with van der Waals surface area (Å²) >= 11 is 0. The number of benzene rings is 2. The average molecular weight is 624 g/mol. The van der Waals surface area contributed by atoms with E-state index in [-0.39, 0.29) is 35.3 Å². The van der Waals surface area contributed by atoms with Crippen molar-refractivity contribution in [2.75, 3.05) is 36.1 Å². The van der Waals surface area contributed by atoms with Gasteiger partial charge < -0.3 is 30.8 Å². The number of ether oxygens (including phenoxy) is 1. The quantitative estimate of drug-likeness (QED) is 0.346. The first-order valence-corrected chi connectivity index (χ1v) is 16.7. The predicted octanol–water partition coefficient (Wildman–Crippen LogP) is 4.55. The SMILES string of the molecule is NC(=O)C12CC3C[C@H](C1)C(NC(=O)ON1CCN(c4ncc(-c5ccc(OC6CCNCC6)cc5)cn4)c4ccccc41)[C@@H](C3)C2. The summed E-state index contributed by atoms with van der Waals surface area (Å²) in [6.07, 6.45) is 10.0. The van der Waals surface area contributed by atoms with E-state index < -0.39 is 6.09 Å². The maximum Gasteiger partial charge on any atom is 0.431 e. The molecule has 4 saturated carbocycles. The van der Waals surface area contributed by atoms with Gasteiger partial charge in [-0.05, 0) is 106 Å². The number of primary amides is 1. The highest BCUT2D eigenvalue weighted by atomic mass is 16.7. The van der Waals surface area contributed by atoms with Crippen molar-refractivity contribution < 1.29 is 19.2 Å². The average Bonchev–Trinajstić information content (AvgIpc) is 3.07. The summed E-state index contributed by atoms with van der Waals surface area (Å²) in [6.45, 7) is 3.00. The van der Waals surface area contributed by atoms with Crippen LogP contribution in [-0.2, 0) is 9.63 Å². The number of hydrogen-bond donors (Lipinski definition) is 3. The maximum atomic E-state index is 13.3. The first kappa shape index (κ1) is 29.1. The molecule has 0 radical (unpaired) electrons. The van der Waals surface area contributed by atoms with Gasteiger partial charge in [0, 0.05) is 36.0 Å². The number of piperidine rings is 1. The van der Waals surface area contributed by atoms with Gasteiger partial charge in [-0.3, -0.25) is 4.79 Å². The lowest BCUT2D eigenvalue weighted by atomic mass is 9.47. The Labute approximate surface area is 268 Å². The molecule has 2 aliphatic heterocycles. The number of amides is 2. The van der Waals surface area contributed by atoms with Gasteiger partial charge in [0.2, 0.25) is 11.9 Å². The molecule has 9 rings (SSSR count).